The molecule has 0 unspecified atom stereocenters. The van der Waals surface area contributed by atoms with E-state index in [2.05, 4.69) is 35.7 Å². The van der Waals surface area contributed by atoms with Crippen molar-refractivity contribution in [3.63, 3.8) is 0 Å². The Balaban J connectivity index is 2.20. The van der Waals surface area contributed by atoms with Crippen molar-refractivity contribution in [3.05, 3.63) is 23.8 Å². The van der Waals surface area contributed by atoms with E-state index < -0.39 is 0 Å². The molecule has 0 aliphatic carbocycles. The fraction of sp³-hybridized carbons (Fsp3) is 0.643. The molecular formula is C14H24N2. The van der Waals surface area contributed by atoms with Crippen molar-refractivity contribution in [2.45, 2.75) is 59.3 Å². The standard InChI is InChI=1S/C14H24N2/c1-4-5-6-7-8-9-10-11-16-12-15-13(2)14(16)3/h10-12H,4-9H2,1-3H3. The average Bonchev–Trinajstić information content (AvgIpc) is 2.59. The summed E-state index contributed by atoms with van der Waals surface area (Å²) in [5, 5.41) is 0. The van der Waals surface area contributed by atoms with Crippen LogP contribution in [-0.4, -0.2) is 9.55 Å². The summed E-state index contributed by atoms with van der Waals surface area (Å²) < 4.78 is 2.10. The smallest absolute Gasteiger partial charge is 0.0992 e. The Morgan fingerprint density at radius 1 is 1.19 bits per heavy atom. The third kappa shape index (κ3) is 4.21. The van der Waals surface area contributed by atoms with Crippen LogP contribution in [0.15, 0.2) is 12.4 Å². The van der Waals surface area contributed by atoms with Gasteiger partial charge < -0.3 is 4.57 Å². The molecule has 0 amide bonds. The van der Waals surface area contributed by atoms with E-state index >= 15 is 0 Å². The van der Waals surface area contributed by atoms with Gasteiger partial charge in [-0.05, 0) is 26.7 Å². The predicted octanol–water partition coefficient (Wildman–Crippen LogP) is 4.33. The van der Waals surface area contributed by atoms with Gasteiger partial charge in [0.2, 0.25) is 0 Å². The van der Waals surface area contributed by atoms with Crippen LogP contribution >= 0.6 is 0 Å². The summed E-state index contributed by atoms with van der Waals surface area (Å²) in [6, 6.07) is 0. The number of allylic oxidation sites excluding steroid dienone is 1. The molecule has 0 aromatic carbocycles. The Labute approximate surface area is 99.4 Å². The van der Waals surface area contributed by atoms with Crippen LogP contribution < -0.4 is 0 Å². The monoisotopic (exact) mass is 220 g/mol. The Morgan fingerprint density at radius 2 is 1.94 bits per heavy atom. The van der Waals surface area contributed by atoms with Crippen LogP contribution in [0.2, 0.25) is 0 Å². The van der Waals surface area contributed by atoms with E-state index in [4.69, 9.17) is 0 Å². The molecule has 1 aromatic rings. The normalized spacial score (nSPS) is 11.4. The highest BCUT2D eigenvalue weighted by atomic mass is 15.0. The molecule has 16 heavy (non-hydrogen) atoms. The van der Waals surface area contributed by atoms with Gasteiger partial charge in [0, 0.05) is 11.9 Å². The molecule has 0 aliphatic rings. The molecule has 0 radical (unpaired) electrons. The van der Waals surface area contributed by atoms with Crippen LogP contribution in [0.3, 0.4) is 0 Å². The van der Waals surface area contributed by atoms with Crippen molar-refractivity contribution >= 4 is 6.20 Å². The summed E-state index contributed by atoms with van der Waals surface area (Å²) in [5.41, 5.74) is 2.36. The number of unbranched alkanes of at least 4 members (excludes halogenated alkanes) is 5. The first kappa shape index (κ1) is 13.0. The topological polar surface area (TPSA) is 17.8 Å². The Hall–Kier alpha value is -1.05. The largest absolute Gasteiger partial charge is 0.310 e. The minimum atomic E-state index is 1.12. The van der Waals surface area contributed by atoms with Crippen LogP contribution in [0.4, 0.5) is 0 Å². The second-order valence-electron chi connectivity index (χ2n) is 4.41. The Morgan fingerprint density at radius 3 is 2.56 bits per heavy atom. The molecule has 1 rings (SSSR count). The van der Waals surface area contributed by atoms with Gasteiger partial charge in [-0.3, -0.25) is 0 Å². The molecule has 2 heteroatoms. The first-order chi connectivity index (χ1) is 7.75. The molecule has 0 saturated carbocycles. The second-order valence-corrected chi connectivity index (χ2v) is 4.41. The Bertz CT molecular complexity index is 323. The van der Waals surface area contributed by atoms with Crippen LogP contribution in [0.25, 0.3) is 6.20 Å². The van der Waals surface area contributed by atoms with Crippen molar-refractivity contribution in [1.29, 1.82) is 0 Å². The van der Waals surface area contributed by atoms with Crippen LogP contribution in [0, 0.1) is 13.8 Å². The van der Waals surface area contributed by atoms with Crippen molar-refractivity contribution < 1.29 is 0 Å². The molecule has 0 aliphatic heterocycles. The summed E-state index contributed by atoms with van der Waals surface area (Å²) in [7, 11) is 0. The molecular weight excluding hydrogens is 196 g/mol. The lowest BCUT2D eigenvalue weighted by atomic mass is 10.1. The number of rotatable bonds is 7. The summed E-state index contributed by atoms with van der Waals surface area (Å²) in [5.74, 6) is 0. The van der Waals surface area contributed by atoms with E-state index in [0.717, 1.165) is 5.69 Å². The van der Waals surface area contributed by atoms with Gasteiger partial charge in [0.05, 0.1) is 12.0 Å². The van der Waals surface area contributed by atoms with Gasteiger partial charge in [-0.25, -0.2) is 4.98 Å². The van der Waals surface area contributed by atoms with Crippen LogP contribution in [0.5, 0.6) is 0 Å². The lowest BCUT2D eigenvalue weighted by molar-refractivity contribution is 0.637. The average molecular weight is 220 g/mol. The zero-order valence-corrected chi connectivity index (χ0v) is 10.9. The maximum atomic E-state index is 4.27. The Kier molecular flexibility index (Phi) is 5.91. The van der Waals surface area contributed by atoms with Crippen molar-refractivity contribution in [2.75, 3.05) is 0 Å². The minimum Gasteiger partial charge on any atom is -0.310 e. The van der Waals surface area contributed by atoms with E-state index in [1.165, 1.54) is 44.2 Å². The molecule has 0 fully saturated rings. The molecule has 0 atom stereocenters. The number of hydrogen-bond donors (Lipinski definition) is 0. The lowest BCUT2D eigenvalue weighted by Crippen LogP contribution is -1.87. The van der Waals surface area contributed by atoms with Crippen LogP contribution in [-0.2, 0) is 0 Å². The van der Waals surface area contributed by atoms with Gasteiger partial charge in [0.25, 0.3) is 0 Å². The molecule has 1 heterocycles. The van der Waals surface area contributed by atoms with Gasteiger partial charge >= 0.3 is 0 Å². The van der Waals surface area contributed by atoms with Crippen molar-refractivity contribution in [3.8, 4) is 0 Å². The molecule has 0 bridgehead atoms. The molecule has 0 spiro atoms. The highest BCUT2D eigenvalue weighted by Crippen LogP contribution is 2.07. The molecule has 2 nitrogen and oxygen atoms in total. The van der Waals surface area contributed by atoms with Gasteiger partial charge in [0.1, 0.15) is 0 Å². The molecule has 0 N–H and O–H groups in total. The lowest BCUT2D eigenvalue weighted by Gasteiger charge is -1.98. The first-order valence-electron chi connectivity index (χ1n) is 6.42. The predicted molar refractivity (Wildman–Crippen MR) is 70.4 cm³/mol. The molecule has 1 aromatic heterocycles. The second kappa shape index (κ2) is 7.26. The number of aryl methyl sites for hydroxylation is 1. The zero-order chi connectivity index (χ0) is 11.8. The van der Waals surface area contributed by atoms with E-state index in [1.807, 2.05) is 13.3 Å². The van der Waals surface area contributed by atoms with E-state index in [1.54, 1.807) is 0 Å². The maximum Gasteiger partial charge on any atom is 0.0992 e. The molecule has 90 valence electrons. The summed E-state index contributed by atoms with van der Waals surface area (Å²) in [6.07, 6.45) is 14.2. The quantitative estimate of drug-likeness (QED) is 0.625. The highest BCUT2D eigenvalue weighted by Gasteiger charge is 1.97. The van der Waals surface area contributed by atoms with Gasteiger partial charge in [-0.15, -0.1) is 0 Å². The third-order valence-corrected chi connectivity index (χ3v) is 3.03. The number of hydrogen-bond acceptors (Lipinski definition) is 1. The van der Waals surface area contributed by atoms with E-state index in [0.29, 0.717) is 0 Å². The van der Waals surface area contributed by atoms with E-state index in [9.17, 15) is 0 Å². The number of imidazole rings is 1. The van der Waals surface area contributed by atoms with Gasteiger partial charge in [-0.2, -0.15) is 0 Å². The SMILES string of the molecule is CCCCCCCC=Cn1cnc(C)c1C. The summed E-state index contributed by atoms with van der Waals surface area (Å²) in [6.45, 7) is 6.41. The number of aromatic nitrogens is 2. The number of nitrogens with zero attached hydrogens (tertiary/aromatic N) is 2. The first-order valence-corrected chi connectivity index (χ1v) is 6.42. The van der Waals surface area contributed by atoms with Crippen molar-refractivity contribution in [2.24, 2.45) is 0 Å². The summed E-state index contributed by atoms with van der Waals surface area (Å²) in [4.78, 5) is 4.27. The fourth-order valence-electron chi connectivity index (χ4n) is 1.72. The zero-order valence-electron chi connectivity index (χ0n) is 10.9. The third-order valence-electron chi connectivity index (χ3n) is 3.03. The van der Waals surface area contributed by atoms with Gasteiger partial charge in [0.15, 0.2) is 0 Å². The van der Waals surface area contributed by atoms with Crippen molar-refractivity contribution in [1.82, 2.24) is 9.55 Å². The highest BCUT2D eigenvalue weighted by molar-refractivity contribution is 5.27. The fourth-order valence-corrected chi connectivity index (χ4v) is 1.72. The summed E-state index contributed by atoms with van der Waals surface area (Å²) >= 11 is 0. The van der Waals surface area contributed by atoms with E-state index in [-0.39, 0.29) is 0 Å². The minimum absolute atomic E-state index is 1.12. The molecule has 0 saturated heterocycles. The van der Waals surface area contributed by atoms with Crippen LogP contribution in [0.1, 0.15) is 56.8 Å². The van der Waals surface area contributed by atoms with Gasteiger partial charge in [-0.1, -0.05) is 38.7 Å². The maximum absolute atomic E-state index is 4.27.